The Balaban J connectivity index is 1.65. The molecule has 0 bridgehead atoms. The first kappa shape index (κ1) is 21.5. The van der Waals surface area contributed by atoms with Crippen LogP contribution in [0.2, 0.25) is 10.0 Å². The Hall–Kier alpha value is -2.21. The van der Waals surface area contributed by atoms with E-state index in [1.165, 1.54) is 11.8 Å². The van der Waals surface area contributed by atoms with Gasteiger partial charge in [0.25, 0.3) is 5.91 Å². The van der Waals surface area contributed by atoms with Crippen LogP contribution in [0.1, 0.15) is 23.9 Å². The lowest BCUT2D eigenvalue weighted by Gasteiger charge is -2.10. The zero-order valence-electron chi connectivity index (χ0n) is 16.3. The van der Waals surface area contributed by atoms with Crippen LogP contribution in [0.5, 0.6) is 0 Å². The molecule has 1 atom stereocenters. The van der Waals surface area contributed by atoms with Gasteiger partial charge in [-0.05, 0) is 75.4 Å². The Morgan fingerprint density at radius 3 is 2.28 bits per heavy atom. The fourth-order valence-corrected chi connectivity index (χ4v) is 4.05. The Labute approximate surface area is 184 Å². The molecule has 7 heteroatoms. The van der Waals surface area contributed by atoms with Gasteiger partial charge in [-0.1, -0.05) is 23.2 Å². The van der Waals surface area contributed by atoms with Crippen molar-refractivity contribution in [1.82, 2.24) is 9.99 Å². The van der Waals surface area contributed by atoms with Gasteiger partial charge in [0.05, 0.1) is 11.5 Å². The summed E-state index contributed by atoms with van der Waals surface area (Å²) >= 11 is 13.3. The van der Waals surface area contributed by atoms with Crippen molar-refractivity contribution in [2.75, 3.05) is 0 Å². The molecule has 0 aliphatic heterocycles. The smallest absolute Gasteiger partial charge is 0.253 e. The van der Waals surface area contributed by atoms with Gasteiger partial charge in [0.15, 0.2) is 0 Å². The van der Waals surface area contributed by atoms with Gasteiger partial charge in [0, 0.05) is 37.6 Å². The predicted molar refractivity (Wildman–Crippen MR) is 123 cm³/mol. The van der Waals surface area contributed by atoms with Gasteiger partial charge in [-0.25, -0.2) is 5.43 Å². The van der Waals surface area contributed by atoms with E-state index in [4.69, 9.17) is 23.2 Å². The number of carbonyl (C=O) groups excluding carboxylic acids is 1. The molecule has 1 amide bonds. The molecule has 0 aliphatic rings. The first-order valence-electron chi connectivity index (χ1n) is 9.05. The second-order valence-corrected chi connectivity index (χ2v) is 8.87. The van der Waals surface area contributed by atoms with Gasteiger partial charge in [0.2, 0.25) is 0 Å². The van der Waals surface area contributed by atoms with E-state index in [9.17, 15) is 4.79 Å². The quantitative estimate of drug-likeness (QED) is 0.285. The molecule has 0 saturated heterocycles. The monoisotopic (exact) mass is 445 g/mol. The van der Waals surface area contributed by atoms with E-state index in [0.717, 1.165) is 27.5 Å². The van der Waals surface area contributed by atoms with Gasteiger partial charge >= 0.3 is 0 Å². The minimum Gasteiger partial charge on any atom is -0.318 e. The van der Waals surface area contributed by atoms with E-state index < -0.39 is 0 Å². The summed E-state index contributed by atoms with van der Waals surface area (Å²) in [6, 6.07) is 17.1. The maximum atomic E-state index is 12.3. The molecule has 1 heterocycles. The molecule has 4 nitrogen and oxygen atoms in total. The number of nitrogens with zero attached hydrogens (tertiary/aromatic N) is 2. The summed E-state index contributed by atoms with van der Waals surface area (Å²) in [5.74, 6) is -0.160. The number of carbonyl (C=O) groups is 1. The molecule has 1 N–H and O–H groups in total. The van der Waals surface area contributed by atoms with E-state index in [1.54, 1.807) is 6.21 Å². The molecule has 2 aromatic carbocycles. The fourth-order valence-electron chi connectivity index (χ4n) is 2.93. The van der Waals surface area contributed by atoms with Gasteiger partial charge in [-0.3, -0.25) is 4.79 Å². The third kappa shape index (κ3) is 5.44. The summed E-state index contributed by atoms with van der Waals surface area (Å²) in [7, 11) is 0. The largest absolute Gasteiger partial charge is 0.318 e. The van der Waals surface area contributed by atoms with Crippen molar-refractivity contribution >= 4 is 47.1 Å². The van der Waals surface area contributed by atoms with E-state index in [2.05, 4.69) is 15.1 Å². The number of nitrogens with one attached hydrogen (secondary N) is 1. The van der Waals surface area contributed by atoms with Crippen LogP contribution >= 0.6 is 35.0 Å². The van der Waals surface area contributed by atoms with Crippen molar-refractivity contribution in [1.29, 1.82) is 0 Å². The standard InChI is InChI=1S/C22H21Cl2N3OS/c1-14-12-17(15(2)27(14)20-8-4-18(23)5-9-20)13-25-26-22(28)16(3)29-21-10-6-19(24)7-11-21/h4-13,16H,1-3H3,(H,26,28)/b25-13-/t16-/m1/s1. The SMILES string of the molecule is Cc1cc(/C=N\NC(=O)[C@@H](C)Sc2ccc(Cl)cc2)c(C)n1-c1ccc(Cl)cc1. The second kappa shape index (κ2) is 9.53. The van der Waals surface area contributed by atoms with Crippen LogP contribution in [0.25, 0.3) is 5.69 Å². The molecule has 0 radical (unpaired) electrons. The number of rotatable bonds is 6. The lowest BCUT2D eigenvalue weighted by Crippen LogP contribution is -2.26. The fraction of sp³-hybridized carbons (Fsp3) is 0.182. The third-order valence-corrected chi connectivity index (χ3v) is 6.05. The molecule has 150 valence electrons. The van der Waals surface area contributed by atoms with Crippen molar-refractivity contribution < 1.29 is 4.79 Å². The zero-order chi connectivity index (χ0) is 21.0. The summed E-state index contributed by atoms with van der Waals surface area (Å²) in [6.45, 7) is 5.89. The molecule has 0 aliphatic carbocycles. The number of thioether (sulfide) groups is 1. The number of benzene rings is 2. The number of hydrogen-bond acceptors (Lipinski definition) is 3. The van der Waals surface area contributed by atoms with E-state index in [0.29, 0.717) is 10.0 Å². The minimum atomic E-state index is -0.283. The van der Waals surface area contributed by atoms with Crippen LogP contribution in [-0.4, -0.2) is 21.9 Å². The highest BCUT2D eigenvalue weighted by Gasteiger charge is 2.14. The van der Waals surface area contributed by atoms with Crippen molar-refractivity contribution in [3.8, 4) is 5.69 Å². The van der Waals surface area contributed by atoms with Crippen molar-refractivity contribution in [3.05, 3.63) is 81.6 Å². The van der Waals surface area contributed by atoms with E-state index >= 15 is 0 Å². The minimum absolute atomic E-state index is 0.160. The molecule has 0 fully saturated rings. The highest BCUT2D eigenvalue weighted by Crippen LogP contribution is 2.25. The Morgan fingerprint density at radius 1 is 1.07 bits per heavy atom. The molecule has 29 heavy (non-hydrogen) atoms. The first-order valence-corrected chi connectivity index (χ1v) is 10.7. The highest BCUT2D eigenvalue weighted by atomic mass is 35.5. The van der Waals surface area contributed by atoms with Crippen molar-refractivity contribution in [2.45, 2.75) is 30.9 Å². The number of aromatic nitrogens is 1. The molecular weight excluding hydrogens is 425 g/mol. The molecule has 3 rings (SSSR count). The van der Waals surface area contributed by atoms with Crippen molar-refractivity contribution in [2.24, 2.45) is 5.10 Å². The average Bonchev–Trinajstić information content (AvgIpc) is 2.97. The number of amides is 1. The lowest BCUT2D eigenvalue weighted by molar-refractivity contribution is -0.120. The van der Waals surface area contributed by atoms with Gasteiger partial charge in [0.1, 0.15) is 0 Å². The molecule has 3 aromatic rings. The van der Waals surface area contributed by atoms with Gasteiger partial charge in [-0.15, -0.1) is 11.8 Å². The van der Waals surface area contributed by atoms with Crippen LogP contribution in [0.4, 0.5) is 0 Å². The summed E-state index contributed by atoms with van der Waals surface area (Å²) in [4.78, 5) is 13.3. The Morgan fingerprint density at radius 2 is 1.66 bits per heavy atom. The molecule has 1 aromatic heterocycles. The second-order valence-electron chi connectivity index (χ2n) is 6.59. The third-order valence-electron chi connectivity index (χ3n) is 4.43. The van der Waals surface area contributed by atoms with Crippen LogP contribution < -0.4 is 5.43 Å². The van der Waals surface area contributed by atoms with Crippen LogP contribution in [0.3, 0.4) is 0 Å². The Bertz CT molecular complexity index is 1030. The number of hydrogen-bond donors (Lipinski definition) is 1. The molecular formula is C22H21Cl2N3OS. The van der Waals surface area contributed by atoms with Crippen molar-refractivity contribution in [3.63, 3.8) is 0 Å². The normalized spacial score (nSPS) is 12.3. The summed E-state index contributed by atoms with van der Waals surface area (Å²) in [5, 5.41) is 5.24. The predicted octanol–water partition coefficient (Wildman–Crippen LogP) is 6.03. The maximum Gasteiger partial charge on any atom is 0.253 e. The van der Waals surface area contributed by atoms with Crippen LogP contribution in [-0.2, 0) is 4.79 Å². The lowest BCUT2D eigenvalue weighted by atomic mass is 10.2. The molecule has 0 saturated carbocycles. The first-order chi connectivity index (χ1) is 13.8. The van der Waals surface area contributed by atoms with Gasteiger partial charge in [-0.2, -0.15) is 5.10 Å². The van der Waals surface area contributed by atoms with Crippen LogP contribution in [0.15, 0.2) is 64.6 Å². The number of halogens is 2. The van der Waals surface area contributed by atoms with Crippen LogP contribution in [0, 0.1) is 13.8 Å². The van der Waals surface area contributed by atoms with Gasteiger partial charge < -0.3 is 4.57 Å². The summed E-state index contributed by atoms with van der Waals surface area (Å²) < 4.78 is 2.12. The average molecular weight is 446 g/mol. The van der Waals surface area contributed by atoms with E-state index in [1.807, 2.05) is 75.4 Å². The topological polar surface area (TPSA) is 46.4 Å². The maximum absolute atomic E-state index is 12.3. The highest BCUT2D eigenvalue weighted by molar-refractivity contribution is 8.00. The Kier molecular flexibility index (Phi) is 7.06. The molecule has 0 spiro atoms. The summed E-state index contributed by atoms with van der Waals surface area (Å²) in [6.07, 6.45) is 1.67. The molecule has 0 unspecified atom stereocenters. The summed E-state index contributed by atoms with van der Waals surface area (Å²) in [5.41, 5.74) is 6.70. The number of aryl methyl sites for hydroxylation is 1. The number of hydrazone groups is 1. The zero-order valence-corrected chi connectivity index (χ0v) is 18.6. The van der Waals surface area contributed by atoms with E-state index in [-0.39, 0.29) is 11.2 Å².